The largest absolute Gasteiger partial charge is 0.466 e. The molecule has 4 rings (SSSR count). The standard InChI is InChI=1S/C24H28F2N6O2S/c1-3-16-11-17(13-18(25)12-16)19-14-35-24(29-19)30-22-21(26)23(28-15-27-22)32-9-7-31(8-10-32)6-5-20(33)34-4-2/h11-15H,3-10H2,1-2H3,(H,27,28,29,30). The van der Waals surface area contributed by atoms with Crippen LogP contribution in [0.4, 0.5) is 25.5 Å². The number of hydrogen-bond donors (Lipinski definition) is 1. The fourth-order valence-electron chi connectivity index (χ4n) is 3.90. The normalized spacial score (nSPS) is 14.2. The molecule has 0 amide bonds. The van der Waals surface area contributed by atoms with Gasteiger partial charge in [-0.15, -0.1) is 11.3 Å². The number of halogens is 2. The molecule has 0 radical (unpaired) electrons. The molecule has 0 saturated carbocycles. The monoisotopic (exact) mass is 502 g/mol. The predicted octanol–water partition coefficient (Wildman–Crippen LogP) is 4.26. The van der Waals surface area contributed by atoms with E-state index in [1.807, 2.05) is 17.9 Å². The number of carbonyl (C=O) groups is 1. The summed E-state index contributed by atoms with van der Waals surface area (Å²) in [5, 5.41) is 5.19. The minimum absolute atomic E-state index is 0.0362. The fraction of sp³-hybridized carbons (Fsp3) is 0.417. The van der Waals surface area contributed by atoms with Crippen LogP contribution in [0.1, 0.15) is 25.8 Å². The average Bonchev–Trinajstić information content (AvgIpc) is 3.33. The second-order valence-electron chi connectivity index (χ2n) is 8.11. The number of aryl methyl sites for hydroxylation is 1. The second-order valence-corrected chi connectivity index (χ2v) is 8.97. The number of nitrogens with zero attached hydrogens (tertiary/aromatic N) is 5. The molecule has 1 aliphatic heterocycles. The van der Waals surface area contributed by atoms with Gasteiger partial charge in [-0.2, -0.15) is 4.39 Å². The van der Waals surface area contributed by atoms with E-state index in [1.54, 1.807) is 12.3 Å². The maximum atomic E-state index is 15.3. The molecule has 1 N–H and O–H groups in total. The van der Waals surface area contributed by atoms with Crippen LogP contribution in [0.15, 0.2) is 29.9 Å². The molecule has 0 atom stereocenters. The molecule has 0 unspecified atom stereocenters. The van der Waals surface area contributed by atoms with Gasteiger partial charge in [0.2, 0.25) is 5.82 Å². The molecule has 1 aromatic carbocycles. The Labute approximate surface area is 207 Å². The smallest absolute Gasteiger partial charge is 0.307 e. The first kappa shape index (κ1) is 24.9. The predicted molar refractivity (Wildman–Crippen MR) is 132 cm³/mol. The molecule has 0 spiro atoms. The lowest BCUT2D eigenvalue weighted by Crippen LogP contribution is -2.47. The molecule has 35 heavy (non-hydrogen) atoms. The zero-order valence-electron chi connectivity index (χ0n) is 19.8. The van der Waals surface area contributed by atoms with Gasteiger partial charge < -0.3 is 15.0 Å². The van der Waals surface area contributed by atoms with Crippen LogP contribution in [0.3, 0.4) is 0 Å². The summed E-state index contributed by atoms with van der Waals surface area (Å²) < 4.78 is 34.2. The van der Waals surface area contributed by atoms with Gasteiger partial charge in [0, 0.05) is 43.7 Å². The van der Waals surface area contributed by atoms with Crippen molar-refractivity contribution in [2.75, 3.05) is 49.5 Å². The van der Waals surface area contributed by atoms with Crippen molar-refractivity contribution >= 4 is 34.1 Å². The first-order valence-corrected chi connectivity index (χ1v) is 12.5. The maximum absolute atomic E-state index is 15.3. The van der Waals surface area contributed by atoms with Crippen LogP contribution < -0.4 is 10.2 Å². The number of ether oxygens (including phenoxy) is 1. The molecular formula is C24H28F2N6O2S. The highest BCUT2D eigenvalue weighted by molar-refractivity contribution is 7.14. The topological polar surface area (TPSA) is 83.5 Å². The van der Waals surface area contributed by atoms with Gasteiger partial charge in [-0.25, -0.2) is 19.3 Å². The SMILES string of the molecule is CCOC(=O)CCN1CCN(c2ncnc(Nc3nc(-c4cc(F)cc(CC)c4)cs3)c2F)CC1. The van der Waals surface area contributed by atoms with Crippen LogP contribution in [0, 0.1) is 11.6 Å². The van der Waals surface area contributed by atoms with Gasteiger partial charge in [-0.05, 0) is 37.1 Å². The van der Waals surface area contributed by atoms with Crippen molar-refractivity contribution in [1.29, 1.82) is 0 Å². The number of thiazole rings is 1. The van der Waals surface area contributed by atoms with E-state index in [0.29, 0.717) is 68.6 Å². The molecule has 1 saturated heterocycles. The van der Waals surface area contributed by atoms with Gasteiger partial charge in [0.05, 0.1) is 18.7 Å². The highest BCUT2D eigenvalue weighted by Crippen LogP contribution is 2.30. The summed E-state index contributed by atoms with van der Waals surface area (Å²) in [7, 11) is 0. The number of anilines is 3. The molecule has 1 aliphatic rings. The van der Waals surface area contributed by atoms with Crippen LogP contribution >= 0.6 is 11.3 Å². The Morgan fingerprint density at radius 3 is 2.69 bits per heavy atom. The molecule has 11 heteroatoms. The van der Waals surface area contributed by atoms with Gasteiger partial charge in [-0.1, -0.05) is 6.92 Å². The minimum Gasteiger partial charge on any atom is -0.466 e. The molecule has 186 valence electrons. The number of hydrogen-bond acceptors (Lipinski definition) is 9. The van der Waals surface area contributed by atoms with E-state index in [-0.39, 0.29) is 23.4 Å². The molecule has 2 aromatic heterocycles. The first-order valence-electron chi connectivity index (χ1n) is 11.6. The van der Waals surface area contributed by atoms with Gasteiger partial charge in [0.25, 0.3) is 0 Å². The summed E-state index contributed by atoms with van der Waals surface area (Å²) in [5.74, 6) is -0.810. The van der Waals surface area contributed by atoms with Crippen LogP contribution in [0.5, 0.6) is 0 Å². The van der Waals surface area contributed by atoms with Gasteiger partial charge in [0.15, 0.2) is 16.8 Å². The summed E-state index contributed by atoms with van der Waals surface area (Å²) >= 11 is 1.29. The number of carbonyl (C=O) groups excluding carboxylic acids is 1. The minimum atomic E-state index is -0.553. The Hall–Kier alpha value is -3.18. The Morgan fingerprint density at radius 2 is 1.94 bits per heavy atom. The fourth-order valence-corrected chi connectivity index (χ4v) is 4.62. The van der Waals surface area contributed by atoms with E-state index in [2.05, 4.69) is 25.2 Å². The molecule has 0 bridgehead atoms. The summed E-state index contributed by atoms with van der Waals surface area (Å²) in [4.78, 5) is 28.3. The molecular weight excluding hydrogens is 474 g/mol. The van der Waals surface area contributed by atoms with Crippen molar-refractivity contribution in [2.45, 2.75) is 26.7 Å². The lowest BCUT2D eigenvalue weighted by atomic mass is 10.1. The van der Waals surface area contributed by atoms with E-state index in [9.17, 15) is 9.18 Å². The third kappa shape index (κ3) is 6.29. The molecule has 3 heterocycles. The van der Waals surface area contributed by atoms with Crippen molar-refractivity contribution in [3.63, 3.8) is 0 Å². The summed E-state index contributed by atoms with van der Waals surface area (Å²) in [5.41, 5.74) is 2.17. The van der Waals surface area contributed by atoms with Crippen molar-refractivity contribution in [3.8, 4) is 11.3 Å². The van der Waals surface area contributed by atoms with Gasteiger partial charge >= 0.3 is 5.97 Å². The van der Waals surface area contributed by atoms with Gasteiger partial charge in [0.1, 0.15) is 12.1 Å². The third-order valence-corrected chi connectivity index (χ3v) is 6.53. The highest BCUT2D eigenvalue weighted by Gasteiger charge is 2.23. The van der Waals surface area contributed by atoms with Crippen molar-refractivity contribution in [2.24, 2.45) is 0 Å². The Balaban J connectivity index is 1.40. The average molecular weight is 503 g/mol. The maximum Gasteiger partial charge on any atom is 0.307 e. The number of rotatable bonds is 9. The van der Waals surface area contributed by atoms with Gasteiger partial charge in [-0.3, -0.25) is 9.69 Å². The molecule has 3 aromatic rings. The van der Waals surface area contributed by atoms with E-state index < -0.39 is 5.82 Å². The first-order chi connectivity index (χ1) is 17.0. The highest BCUT2D eigenvalue weighted by atomic mass is 32.1. The quantitative estimate of drug-likeness (QED) is 0.435. The number of esters is 1. The number of nitrogens with one attached hydrogen (secondary N) is 1. The van der Waals surface area contributed by atoms with Crippen molar-refractivity contribution in [3.05, 3.63) is 47.1 Å². The summed E-state index contributed by atoms with van der Waals surface area (Å²) in [6.45, 7) is 7.28. The lowest BCUT2D eigenvalue weighted by Gasteiger charge is -2.35. The Kier molecular flexibility index (Phi) is 8.19. The summed E-state index contributed by atoms with van der Waals surface area (Å²) in [6.07, 6.45) is 2.38. The number of benzene rings is 1. The molecule has 1 fully saturated rings. The van der Waals surface area contributed by atoms with Crippen LogP contribution in [-0.2, 0) is 16.0 Å². The van der Waals surface area contributed by atoms with Crippen molar-refractivity contribution < 1.29 is 18.3 Å². The van der Waals surface area contributed by atoms with Crippen molar-refractivity contribution in [1.82, 2.24) is 19.9 Å². The van der Waals surface area contributed by atoms with Crippen LogP contribution in [-0.4, -0.2) is 65.2 Å². The van der Waals surface area contributed by atoms with Crippen LogP contribution in [0.2, 0.25) is 0 Å². The van der Waals surface area contributed by atoms with E-state index >= 15 is 4.39 Å². The van der Waals surface area contributed by atoms with Crippen LogP contribution in [0.25, 0.3) is 11.3 Å². The van der Waals surface area contributed by atoms with E-state index in [1.165, 1.54) is 29.8 Å². The Morgan fingerprint density at radius 1 is 1.14 bits per heavy atom. The third-order valence-electron chi connectivity index (χ3n) is 5.77. The zero-order chi connectivity index (χ0) is 24.8. The second kappa shape index (κ2) is 11.5. The van der Waals surface area contributed by atoms with E-state index in [4.69, 9.17) is 4.74 Å². The van der Waals surface area contributed by atoms with E-state index in [0.717, 1.165) is 5.56 Å². The Bertz CT molecular complexity index is 1170. The summed E-state index contributed by atoms with van der Waals surface area (Å²) in [6, 6.07) is 4.85. The molecule has 8 nitrogen and oxygen atoms in total. The number of piperazine rings is 1. The lowest BCUT2D eigenvalue weighted by molar-refractivity contribution is -0.143. The number of aromatic nitrogens is 3. The zero-order valence-corrected chi connectivity index (χ0v) is 20.6. The molecule has 0 aliphatic carbocycles.